The van der Waals surface area contributed by atoms with E-state index in [2.05, 4.69) is 13.8 Å². The van der Waals surface area contributed by atoms with E-state index in [4.69, 9.17) is 14.2 Å². The van der Waals surface area contributed by atoms with E-state index in [1.54, 1.807) is 6.92 Å². The van der Waals surface area contributed by atoms with Gasteiger partial charge in [-0.1, -0.05) is 26.7 Å². The van der Waals surface area contributed by atoms with Gasteiger partial charge in [0.2, 0.25) is 0 Å². The van der Waals surface area contributed by atoms with Crippen LogP contribution in [0.5, 0.6) is 11.5 Å². The van der Waals surface area contributed by atoms with Gasteiger partial charge in [0, 0.05) is 12.0 Å². The lowest BCUT2D eigenvalue weighted by molar-refractivity contribution is -0.143. The molecular formula is C23H34O5. The van der Waals surface area contributed by atoms with E-state index in [9.17, 15) is 9.59 Å². The molecule has 1 aromatic rings. The average Bonchev–Trinajstić information content (AvgIpc) is 2.65. The number of fused-ring (bicyclic) bond motifs is 1. The molecule has 1 aliphatic heterocycles. The van der Waals surface area contributed by atoms with E-state index < -0.39 is 5.60 Å². The van der Waals surface area contributed by atoms with E-state index in [0.29, 0.717) is 43.8 Å². The van der Waals surface area contributed by atoms with Gasteiger partial charge in [0.15, 0.2) is 5.78 Å². The van der Waals surface area contributed by atoms with Gasteiger partial charge >= 0.3 is 5.97 Å². The van der Waals surface area contributed by atoms with Crippen LogP contribution in [0, 0.1) is 0 Å². The monoisotopic (exact) mass is 390 g/mol. The number of carbonyl (C=O) groups is 2. The largest absolute Gasteiger partial charge is 0.493 e. The highest BCUT2D eigenvalue weighted by Gasteiger charge is 2.37. The molecule has 2 rings (SSSR count). The summed E-state index contributed by atoms with van der Waals surface area (Å²) in [7, 11) is 0. The third-order valence-electron chi connectivity index (χ3n) is 5.05. The molecule has 1 unspecified atom stereocenters. The molecule has 0 saturated heterocycles. The molecule has 1 atom stereocenters. The lowest BCUT2D eigenvalue weighted by atomic mass is 9.86. The number of unbranched alkanes of at least 4 members (excludes halogenated alkanes) is 1. The summed E-state index contributed by atoms with van der Waals surface area (Å²) in [5.41, 5.74) is 1.17. The van der Waals surface area contributed by atoms with Crippen LogP contribution >= 0.6 is 0 Å². The van der Waals surface area contributed by atoms with E-state index >= 15 is 0 Å². The third-order valence-corrected chi connectivity index (χ3v) is 5.05. The summed E-state index contributed by atoms with van der Waals surface area (Å²) in [4.78, 5) is 24.2. The fourth-order valence-electron chi connectivity index (χ4n) is 3.61. The summed E-state index contributed by atoms with van der Waals surface area (Å²) in [5.74, 6) is 1.38. The molecule has 1 aromatic carbocycles. The number of ether oxygens (including phenoxy) is 3. The molecule has 0 amide bonds. The van der Waals surface area contributed by atoms with Crippen LogP contribution in [-0.2, 0) is 16.0 Å². The van der Waals surface area contributed by atoms with Gasteiger partial charge in [0.05, 0.1) is 25.2 Å². The van der Waals surface area contributed by atoms with Gasteiger partial charge in [-0.2, -0.15) is 0 Å². The Morgan fingerprint density at radius 2 is 1.96 bits per heavy atom. The SMILES string of the molecule is CCCCC1(C)CC(=O)c2ccc(OCCCC(=O)OCC)c(CCC)c2O1. The maximum atomic E-state index is 12.8. The fourth-order valence-corrected chi connectivity index (χ4v) is 3.61. The molecule has 0 N–H and O–H groups in total. The van der Waals surface area contributed by atoms with Gasteiger partial charge in [0.1, 0.15) is 17.1 Å². The molecule has 5 nitrogen and oxygen atoms in total. The van der Waals surface area contributed by atoms with Gasteiger partial charge < -0.3 is 14.2 Å². The second-order valence-corrected chi connectivity index (χ2v) is 7.68. The minimum absolute atomic E-state index is 0.145. The minimum Gasteiger partial charge on any atom is -0.493 e. The molecular weight excluding hydrogens is 356 g/mol. The molecule has 0 radical (unpaired) electrons. The molecule has 0 spiro atoms. The second-order valence-electron chi connectivity index (χ2n) is 7.68. The van der Waals surface area contributed by atoms with Crippen LogP contribution in [-0.4, -0.2) is 30.6 Å². The Hall–Kier alpha value is -2.04. The summed E-state index contributed by atoms with van der Waals surface area (Å²) in [6.45, 7) is 8.90. The van der Waals surface area contributed by atoms with Gasteiger partial charge in [-0.05, 0) is 51.7 Å². The van der Waals surface area contributed by atoms with Crippen LogP contribution in [0.25, 0.3) is 0 Å². The molecule has 0 aromatic heterocycles. The number of ketones is 1. The van der Waals surface area contributed by atoms with Crippen LogP contribution < -0.4 is 9.47 Å². The summed E-state index contributed by atoms with van der Waals surface area (Å²) < 4.78 is 17.3. The van der Waals surface area contributed by atoms with Crippen molar-refractivity contribution in [3.8, 4) is 11.5 Å². The van der Waals surface area contributed by atoms with Crippen molar-refractivity contribution in [3.05, 3.63) is 23.3 Å². The molecule has 0 bridgehead atoms. The van der Waals surface area contributed by atoms with Gasteiger partial charge in [0.25, 0.3) is 0 Å². The van der Waals surface area contributed by atoms with Gasteiger partial charge in [-0.25, -0.2) is 0 Å². The van der Waals surface area contributed by atoms with Crippen molar-refractivity contribution < 1.29 is 23.8 Å². The van der Waals surface area contributed by atoms with Crippen molar-refractivity contribution in [1.29, 1.82) is 0 Å². The first kappa shape index (κ1) is 22.3. The van der Waals surface area contributed by atoms with Crippen molar-refractivity contribution in [2.24, 2.45) is 0 Å². The normalized spacial score (nSPS) is 18.4. The van der Waals surface area contributed by atoms with Crippen LogP contribution in [0.2, 0.25) is 0 Å². The Morgan fingerprint density at radius 1 is 1.18 bits per heavy atom. The summed E-state index contributed by atoms with van der Waals surface area (Å²) in [6.07, 6.45) is 6.04. The van der Waals surface area contributed by atoms with E-state index in [-0.39, 0.29) is 11.8 Å². The predicted octanol–water partition coefficient (Wildman–Crippen LogP) is 5.28. The summed E-state index contributed by atoms with van der Waals surface area (Å²) in [6, 6.07) is 3.68. The Labute approximate surface area is 168 Å². The average molecular weight is 391 g/mol. The lowest BCUT2D eigenvalue weighted by Gasteiger charge is -2.36. The molecule has 156 valence electrons. The topological polar surface area (TPSA) is 61.8 Å². The van der Waals surface area contributed by atoms with Crippen molar-refractivity contribution in [3.63, 3.8) is 0 Å². The second kappa shape index (κ2) is 10.5. The van der Waals surface area contributed by atoms with Crippen LogP contribution in [0.3, 0.4) is 0 Å². The van der Waals surface area contributed by atoms with E-state index in [0.717, 1.165) is 43.4 Å². The zero-order chi connectivity index (χ0) is 20.6. The highest BCUT2D eigenvalue weighted by molar-refractivity contribution is 6.01. The maximum Gasteiger partial charge on any atom is 0.305 e. The number of rotatable bonds is 11. The Kier molecular flexibility index (Phi) is 8.34. The number of Topliss-reactive ketones (excluding diaryl/α,β-unsaturated/α-hetero) is 1. The summed E-state index contributed by atoms with van der Waals surface area (Å²) in [5, 5.41) is 0. The Morgan fingerprint density at radius 3 is 2.64 bits per heavy atom. The minimum atomic E-state index is -0.453. The first-order valence-corrected chi connectivity index (χ1v) is 10.6. The van der Waals surface area contributed by atoms with Crippen molar-refractivity contribution in [2.75, 3.05) is 13.2 Å². The predicted molar refractivity (Wildman–Crippen MR) is 109 cm³/mol. The van der Waals surface area contributed by atoms with Crippen molar-refractivity contribution >= 4 is 11.8 Å². The smallest absolute Gasteiger partial charge is 0.305 e. The van der Waals surface area contributed by atoms with Crippen molar-refractivity contribution in [2.45, 2.75) is 84.7 Å². The summed E-state index contributed by atoms with van der Waals surface area (Å²) >= 11 is 0. The lowest BCUT2D eigenvalue weighted by Crippen LogP contribution is -2.39. The van der Waals surface area contributed by atoms with E-state index in [1.807, 2.05) is 19.1 Å². The van der Waals surface area contributed by atoms with Crippen LogP contribution in [0.4, 0.5) is 0 Å². The number of hydrogen-bond acceptors (Lipinski definition) is 5. The van der Waals surface area contributed by atoms with E-state index in [1.165, 1.54) is 0 Å². The number of esters is 1. The van der Waals surface area contributed by atoms with Gasteiger partial charge in [-0.3, -0.25) is 9.59 Å². The molecule has 1 heterocycles. The highest BCUT2D eigenvalue weighted by atomic mass is 16.5. The maximum absolute atomic E-state index is 12.8. The number of hydrogen-bond donors (Lipinski definition) is 0. The molecule has 0 saturated carbocycles. The fraction of sp³-hybridized carbons (Fsp3) is 0.652. The first-order chi connectivity index (χ1) is 13.4. The molecule has 0 aliphatic carbocycles. The Bertz CT molecular complexity index is 682. The van der Waals surface area contributed by atoms with Crippen LogP contribution in [0.15, 0.2) is 12.1 Å². The van der Waals surface area contributed by atoms with Gasteiger partial charge in [-0.15, -0.1) is 0 Å². The molecule has 5 heteroatoms. The third kappa shape index (κ3) is 5.73. The first-order valence-electron chi connectivity index (χ1n) is 10.6. The number of carbonyl (C=O) groups excluding carboxylic acids is 2. The number of benzene rings is 1. The quantitative estimate of drug-likeness (QED) is 0.380. The van der Waals surface area contributed by atoms with Crippen molar-refractivity contribution in [1.82, 2.24) is 0 Å². The zero-order valence-electron chi connectivity index (χ0n) is 17.8. The highest BCUT2D eigenvalue weighted by Crippen LogP contribution is 2.42. The Balaban J connectivity index is 2.17. The van der Waals surface area contributed by atoms with Crippen LogP contribution in [0.1, 0.15) is 88.6 Å². The molecule has 0 fully saturated rings. The molecule has 28 heavy (non-hydrogen) atoms. The standard InChI is InChI=1S/C23H34O5/c1-5-8-14-23(4)16-19(24)17-12-13-20(18(10-6-2)22(17)28-23)27-15-9-11-21(25)26-7-3/h12-13H,5-11,14-16H2,1-4H3. The zero-order valence-corrected chi connectivity index (χ0v) is 17.8. The molecule has 1 aliphatic rings.